The number of aliphatic hydroxyl groups excluding tert-OH is 2. The number of hydroxylamine groups is 2. The number of aromatic hydroxyl groups is 3. The van der Waals surface area contributed by atoms with Crippen molar-refractivity contribution in [2.24, 2.45) is 11.7 Å². The van der Waals surface area contributed by atoms with Crippen LogP contribution in [0.25, 0.3) is 11.1 Å². The Morgan fingerprint density at radius 2 is 1.32 bits per heavy atom. The van der Waals surface area contributed by atoms with E-state index in [9.17, 15) is 59.4 Å². The molecule has 5 aromatic carbocycles. The van der Waals surface area contributed by atoms with Gasteiger partial charge in [-0.15, -0.1) is 0 Å². The third kappa shape index (κ3) is 19.2. The van der Waals surface area contributed by atoms with Crippen molar-refractivity contribution in [1.29, 1.82) is 0 Å². The molecule has 5 aromatic rings. The van der Waals surface area contributed by atoms with E-state index in [2.05, 4.69) is 44.1 Å². The Kier molecular flexibility index (Phi) is 26.5. The van der Waals surface area contributed by atoms with Gasteiger partial charge in [0.05, 0.1) is 36.2 Å². The summed E-state index contributed by atoms with van der Waals surface area (Å²) in [6, 6.07) is 1.03. The van der Waals surface area contributed by atoms with Crippen LogP contribution in [0.3, 0.4) is 0 Å². The first-order valence-electron chi connectivity index (χ1n) is 33.8. The fourth-order valence-electron chi connectivity index (χ4n) is 12.6. The molecule has 554 valence electrons. The summed E-state index contributed by atoms with van der Waals surface area (Å²) in [5, 5.41) is 87.6. The number of carboxylic acids is 1. The maximum absolute atomic E-state index is 15.9. The molecule has 0 aliphatic carbocycles. The number of carbonyl (C=O) groups excluding carboxylic acids is 8. The van der Waals surface area contributed by atoms with Crippen LogP contribution in [0.2, 0.25) is 10.0 Å². The van der Waals surface area contributed by atoms with Gasteiger partial charge in [-0.1, -0.05) is 101 Å². The summed E-state index contributed by atoms with van der Waals surface area (Å²) in [4.78, 5) is 135. The molecular formula is C71H85Cl2N9O21. The van der Waals surface area contributed by atoms with Gasteiger partial charge in [-0.3, -0.25) is 43.2 Å². The number of hydrogen-bond donors (Lipinski definition) is 14. The van der Waals surface area contributed by atoms with Crippen LogP contribution >= 0.6 is 23.2 Å². The number of likely N-dealkylation sites (N-methyl/N-ethyl adjacent to an activating group) is 1. The van der Waals surface area contributed by atoms with Crippen molar-refractivity contribution >= 4 is 76.5 Å². The lowest BCUT2D eigenvalue weighted by atomic mass is 9.89. The first-order valence-corrected chi connectivity index (χ1v) is 34.6. The van der Waals surface area contributed by atoms with E-state index in [4.69, 9.17) is 57.5 Å². The molecule has 7 amide bonds. The Labute approximate surface area is 602 Å². The number of nitrogens with two attached hydrogens (primary N) is 1. The maximum Gasteiger partial charge on any atom is 0.330 e. The summed E-state index contributed by atoms with van der Waals surface area (Å²) in [5.74, 6) is -14.5. The van der Waals surface area contributed by atoms with Gasteiger partial charge in [-0.2, -0.15) is 5.06 Å². The average Bonchev–Trinajstić information content (AvgIpc) is 0.768. The fourth-order valence-corrected chi connectivity index (χ4v) is 13.0. The summed E-state index contributed by atoms with van der Waals surface area (Å²) in [7, 11) is 2.90. The number of nitrogens with zero attached hydrogens (tertiary/aromatic N) is 1. The molecule has 0 aromatic heterocycles. The first kappa shape index (κ1) is 77.6. The van der Waals surface area contributed by atoms with Crippen LogP contribution < -0.4 is 57.2 Å². The van der Waals surface area contributed by atoms with Crippen LogP contribution in [0.15, 0.2) is 78.9 Å². The van der Waals surface area contributed by atoms with Crippen molar-refractivity contribution in [3.63, 3.8) is 0 Å². The highest BCUT2D eigenvalue weighted by atomic mass is 35.5. The molecule has 11 atom stereocenters. The number of amides is 7. The number of aliphatic carboxylic acids is 1. The molecule has 11 bridgehead atoms. The molecule has 1 unspecified atom stereocenters. The zero-order valence-corrected chi connectivity index (χ0v) is 58.6. The van der Waals surface area contributed by atoms with Crippen LogP contribution in [0.1, 0.15) is 162 Å². The minimum absolute atomic E-state index is 0.0588. The maximum atomic E-state index is 15.9. The quantitative estimate of drug-likeness (QED) is 0.0189. The molecule has 11 rings (SSSR count). The van der Waals surface area contributed by atoms with Gasteiger partial charge >= 0.3 is 11.9 Å². The Balaban J connectivity index is 1.21. The standard InChI is InChI=1S/C71H85Cl2N9O21/c1-6-7-8-9-10-11-12-15-54(87)103-55-16-13-14-53(102-55)82(98-5)23-24-99-64-50-29-38-30-51(64)101-49-22-19-37(28-43(49)73)63(89)61-70(95)79-59(71(96)97)41-31-39(83)32-47(85)56(41)40-26-35(17-20-46(40)84)57(67(92)81-61)78-68(93)58(38)77-66(91)45(33-52(74)86)76-69(94)60(80-65(90)44(75-4)25-34(2)3)62(88)36-18-21-48(100-50)42(72)27-36/h17-22,26-32,34,44-45,53,55,57-63,75,83-85,88-89H,6-16,23-25,33H2,1-5H3,(H2,74,86)(H,76,94)(H,77,91)(H,78,93)(H,79,95)(H,80,90)(H,81,92)(H,96,97)/t44-,45+,53+,55?,57-,58-,59+,60-,61+,62-,63-/m1/s1. The van der Waals surface area contributed by atoms with Crippen LogP contribution in [0.4, 0.5) is 0 Å². The highest BCUT2D eigenvalue weighted by Crippen LogP contribution is 2.49. The van der Waals surface area contributed by atoms with E-state index in [0.29, 0.717) is 25.7 Å². The molecule has 0 radical (unpaired) electrons. The minimum Gasteiger partial charge on any atom is -0.508 e. The highest BCUT2D eigenvalue weighted by molar-refractivity contribution is 6.32. The van der Waals surface area contributed by atoms with Gasteiger partial charge in [0.25, 0.3) is 0 Å². The molecule has 103 heavy (non-hydrogen) atoms. The predicted octanol–water partition coefficient (Wildman–Crippen LogP) is 6.47. The summed E-state index contributed by atoms with van der Waals surface area (Å²) >= 11 is 14.1. The Morgan fingerprint density at radius 1 is 0.699 bits per heavy atom. The minimum atomic E-state index is -2.22. The fraction of sp³-hybridized carbons (Fsp3) is 0.451. The first-order chi connectivity index (χ1) is 49.2. The van der Waals surface area contributed by atoms with Crippen LogP contribution in [-0.4, -0.2) is 153 Å². The number of phenols is 3. The molecular weight excluding hydrogens is 1390 g/mol. The van der Waals surface area contributed by atoms with E-state index in [1.807, 2.05) is 13.8 Å². The molecule has 0 saturated carbocycles. The van der Waals surface area contributed by atoms with Gasteiger partial charge in [0.1, 0.15) is 84.0 Å². The summed E-state index contributed by atoms with van der Waals surface area (Å²) < 4.78 is 32.0. The number of ether oxygens (including phenoxy) is 5. The van der Waals surface area contributed by atoms with E-state index in [0.717, 1.165) is 74.9 Å². The average molecular weight is 1470 g/mol. The second kappa shape index (κ2) is 35.1. The number of esters is 1. The molecule has 6 heterocycles. The zero-order valence-electron chi connectivity index (χ0n) is 57.1. The second-order valence-corrected chi connectivity index (χ2v) is 26.7. The van der Waals surface area contributed by atoms with Crippen molar-refractivity contribution in [2.45, 2.75) is 171 Å². The number of carboxylic acid groups (broad SMARTS) is 1. The smallest absolute Gasteiger partial charge is 0.330 e. The van der Waals surface area contributed by atoms with Crippen molar-refractivity contribution in [2.75, 3.05) is 27.3 Å². The number of halogens is 2. The van der Waals surface area contributed by atoms with E-state index in [1.54, 1.807) is 0 Å². The third-order valence-electron chi connectivity index (χ3n) is 17.9. The lowest BCUT2D eigenvalue weighted by Gasteiger charge is -2.35. The predicted molar refractivity (Wildman–Crippen MR) is 369 cm³/mol. The van der Waals surface area contributed by atoms with Gasteiger partial charge in [-0.05, 0) is 115 Å². The Bertz CT molecular complexity index is 4000. The molecule has 1 fully saturated rings. The van der Waals surface area contributed by atoms with Crippen molar-refractivity contribution in [1.82, 2.24) is 42.3 Å². The van der Waals surface area contributed by atoms with Gasteiger partial charge in [0.15, 0.2) is 17.5 Å². The second-order valence-electron chi connectivity index (χ2n) is 25.8. The van der Waals surface area contributed by atoms with E-state index >= 15 is 14.4 Å². The summed E-state index contributed by atoms with van der Waals surface area (Å²) in [6.45, 7) is 5.41. The molecule has 1 saturated heterocycles. The van der Waals surface area contributed by atoms with Gasteiger partial charge in [0.2, 0.25) is 53.4 Å². The van der Waals surface area contributed by atoms with E-state index < -0.39 is 161 Å². The van der Waals surface area contributed by atoms with E-state index in [-0.39, 0.29) is 93.0 Å². The number of unbranched alkanes of at least 4 members (excludes halogenated alkanes) is 6. The number of primary amides is 1. The molecule has 0 spiro atoms. The number of rotatable bonds is 23. The summed E-state index contributed by atoms with van der Waals surface area (Å²) in [5.41, 5.74) is 3.45. The highest BCUT2D eigenvalue weighted by Gasteiger charge is 2.42. The number of phenolic OH excluding ortho intramolecular Hbond substituents is 3. The topological polar surface area (TPSA) is 444 Å². The van der Waals surface area contributed by atoms with E-state index in [1.165, 1.54) is 61.7 Å². The SMILES string of the molecule is CCCCCCCCCC(=O)OC1CCC[C@@H](N(CCOc2c3cc4cc2Oc2ccc(cc2Cl)[C@@H](O)[C@@H](NC(=O)[C@@H](CC(C)C)NC)C(=O)N[C@@H](CC(N)=O)C(=O)N[C@H]4C(=O)N[C@H]2C(=O)N[C@H](C(=O)N[C@H](C(=O)O)c4cc(O)cc(O)c4-c4cc2ccc4O)[C@H](O)c2ccc(c(Cl)c2)O3)OC)O1. The normalized spacial score (nSPS) is 22.4. The third-order valence-corrected chi connectivity index (χ3v) is 18.5. The number of aliphatic hydroxyl groups is 2. The number of nitrogens with one attached hydrogen (secondary N) is 7. The molecule has 30 nitrogen and oxygen atoms in total. The van der Waals surface area contributed by atoms with Gasteiger partial charge in [0, 0.05) is 35.6 Å². The van der Waals surface area contributed by atoms with Crippen LogP contribution in [0.5, 0.6) is 46.0 Å². The Morgan fingerprint density at radius 3 is 1.94 bits per heavy atom. The zero-order chi connectivity index (χ0) is 74.5. The largest absolute Gasteiger partial charge is 0.508 e. The van der Waals surface area contributed by atoms with Crippen molar-refractivity contribution in [3.8, 4) is 57.1 Å². The molecule has 6 aliphatic heterocycles. The Hall–Kier alpha value is -9.53. The van der Waals surface area contributed by atoms with Crippen molar-refractivity contribution in [3.05, 3.63) is 117 Å². The number of carbonyl (C=O) groups is 9. The van der Waals surface area contributed by atoms with Gasteiger partial charge < -0.3 is 97.3 Å². The monoisotopic (exact) mass is 1470 g/mol. The molecule has 15 N–H and O–H groups in total. The molecule has 6 aliphatic rings. The van der Waals surface area contributed by atoms with Crippen LogP contribution in [-0.2, 0) is 57.5 Å². The number of hydrogen-bond acceptors (Lipinski definition) is 22. The lowest BCUT2D eigenvalue weighted by molar-refractivity contribution is -0.297. The summed E-state index contributed by atoms with van der Waals surface area (Å²) in [6.07, 6.45) is 2.14. The number of fused-ring (bicyclic) bond motifs is 15. The molecule has 32 heteroatoms. The van der Waals surface area contributed by atoms with Crippen molar-refractivity contribution < 1.29 is 102 Å². The lowest BCUT2D eigenvalue weighted by Crippen LogP contribution is -2.59. The van der Waals surface area contributed by atoms with Crippen LogP contribution in [0, 0.1) is 5.92 Å². The van der Waals surface area contributed by atoms with Gasteiger partial charge in [-0.25, -0.2) is 4.79 Å². The number of benzene rings is 5.